The molecule has 2 N–H and O–H groups in total. The summed E-state index contributed by atoms with van der Waals surface area (Å²) in [6, 6.07) is 9.64. The van der Waals surface area contributed by atoms with Crippen LogP contribution in [0.25, 0.3) is 10.9 Å². The monoisotopic (exact) mass is 306 g/mol. The molecular formula is C16H14N6O. The van der Waals surface area contributed by atoms with Gasteiger partial charge in [0.25, 0.3) is 5.56 Å². The van der Waals surface area contributed by atoms with Gasteiger partial charge in [-0.1, -0.05) is 18.2 Å². The summed E-state index contributed by atoms with van der Waals surface area (Å²) in [5, 5.41) is 12.6. The summed E-state index contributed by atoms with van der Waals surface area (Å²) in [6.45, 7) is 3.59. The van der Waals surface area contributed by atoms with Crippen LogP contribution in [-0.2, 0) is 6.42 Å². The van der Waals surface area contributed by atoms with Crippen LogP contribution in [0.1, 0.15) is 17.0 Å². The lowest BCUT2D eigenvalue weighted by molar-refractivity contribution is 0.992. The molecule has 0 saturated carbocycles. The maximum Gasteiger partial charge on any atom is 0.256 e. The van der Waals surface area contributed by atoms with E-state index in [9.17, 15) is 4.79 Å². The number of aromatic amines is 1. The van der Waals surface area contributed by atoms with E-state index in [4.69, 9.17) is 5.26 Å². The minimum atomic E-state index is -0.334. The minimum Gasteiger partial charge on any atom is -0.294 e. The summed E-state index contributed by atoms with van der Waals surface area (Å²) in [7, 11) is 0. The van der Waals surface area contributed by atoms with E-state index in [-0.39, 0.29) is 17.9 Å². The molecule has 0 atom stereocenters. The number of fused-ring (bicyclic) bond motifs is 1. The lowest BCUT2D eigenvalue weighted by Gasteiger charge is -2.08. The molecule has 0 aliphatic heterocycles. The Morgan fingerprint density at radius 3 is 2.70 bits per heavy atom. The predicted molar refractivity (Wildman–Crippen MR) is 86.5 cm³/mol. The Morgan fingerprint density at radius 1 is 1.17 bits per heavy atom. The number of H-pyrrole nitrogens is 1. The van der Waals surface area contributed by atoms with Crippen molar-refractivity contribution in [2.75, 3.05) is 5.32 Å². The van der Waals surface area contributed by atoms with Crippen LogP contribution in [0.4, 0.5) is 11.9 Å². The molecule has 114 valence electrons. The van der Waals surface area contributed by atoms with Gasteiger partial charge in [-0.3, -0.25) is 15.1 Å². The Kier molecular flexibility index (Phi) is 3.73. The molecule has 0 radical (unpaired) electrons. The van der Waals surface area contributed by atoms with Gasteiger partial charge in [-0.2, -0.15) is 5.26 Å². The quantitative estimate of drug-likeness (QED) is 0.767. The van der Waals surface area contributed by atoms with Crippen LogP contribution in [0.5, 0.6) is 0 Å². The number of benzene rings is 1. The standard InChI is InChI=1S/C16H14N6O/c1-9-11-5-3-4-6-13(11)20-15(18-9)22-16-19-10(2)12(7-8-17)14(23)21-16/h3-6H,7H2,1-2H3,(H2,18,19,20,21,22,23). The average molecular weight is 306 g/mol. The summed E-state index contributed by atoms with van der Waals surface area (Å²) in [5.74, 6) is 0.612. The van der Waals surface area contributed by atoms with Crippen molar-refractivity contribution >= 4 is 22.8 Å². The van der Waals surface area contributed by atoms with Crippen LogP contribution >= 0.6 is 0 Å². The Labute approximate surface area is 132 Å². The topological polar surface area (TPSA) is 107 Å². The first-order valence-electron chi connectivity index (χ1n) is 7.05. The number of nitriles is 1. The largest absolute Gasteiger partial charge is 0.294 e. The van der Waals surface area contributed by atoms with Crippen molar-refractivity contribution in [3.05, 3.63) is 51.6 Å². The van der Waals surface area contributed by atoms with Gasteiger partial charge in [0.15, 0.2) is 0 Å². The number of para-hydroxylation sites is 1. The second-order valence-corrected chi connectivity index (χ2v) is 5.09. The first-order chi connectivity index (χ1) is 11.1. The average Bonchev–Trinajstić information content (AvgIpc) is 2.51. The van der Waals surface area contributed by atoms with Crippen molar-refractivity contribution in [1.29, 1.82) is 5.26 Å². The number of rotatable bonds is 3. The second kappa shape index (κ2) is 5.85. The molecule has 0 aliphatic carbocycles. The van der Waals surface area contributed by atoms with Crippen molar-refractivity contribution in [3.8, 4) is 6.07 Å². The molecule has 3 aromatic rings. The number of nitrogens with one attached hydrogen (secondary N) is 2. The maximum absolute atomic E-state index is 12.0. The van der Waals surface area contributed by atoms with Crippen molar-refractivity contribution in [3.63, 3.8) is 0 Å². The molecule has 0 amide bonds. The summed E-state index contributed by atoms with van der Waals surface area (Å²) in [5.41, 5.74) is 2.18. The van der Waals surface area contributed by atoms with E-state index < -0.39 is 0 Å². The number of aryl methyl sites for hydroxylation is 2. The smallest absolute Gasteiger partial charge is 0.256 e. The van der Waals surface area contributed by atoms with Gasteiger partial charge in [0.05, 0.1) is 35.0 Å². The third-order valence-electron chi connectivity index (χ3n) is 3.50. The van der Waals surface area contributed by atoms with Crippen LogP contribution in [0.2, 0.25) is 0 Å². The summed E-state index contributed by atoms with van der Waals surface area (Å²) in [4.78, 5) is 27.7. The van der Waals surface area contributed by atoms with E-state index in [1.807, 2.05) is 37.3 Å². The predicted octanol–water partition coefficient (Wildman–Crippen LogP) is 2.14. The van der Waals surface area contributed by atoms with E-state index >= 15 is 0 Å². The van der Waals surface area contributed by atoms with E-state index in [1.165, 1.54) is 0 Å². The van der Waals surface area contributed by atoms with Crippen LogP contribution in [-0.4, -0.2) is 19.9 Å². The van der Waals surface area contributed by atoms with Gasteiger partial charge in [-0.25, -0.2) is 15.0 Å². The number of nitrogens with zero attached hydrogens (tertiary/aromatic N) is 4. The van der Waals surface area contributed by atoms with Gasteiger partial charge in [0.1, 0.15) is 0 Å². The van der Waals surface area contributed by atoms with Gasteiger partial charge in [0.2, 0.25) is 11.9 Å². The van der Waals surface area contributed by atoms with Crippen LogP contribution < -0.4 is 10.9 Å². The first-order valence-corrected chi connectivity index (χ1v) is 7.05. The van der Waals surface area contributed by atoms with Crippen LogP contribution in [0, 0.1) is 25.2 Å². The Morgan fingerprint density at radius 2 is 1.96 bits per heavy atom. The Hall–Kier alpha value is -3.27. The van der Waals surface area contributed by atoms with E-state index in [0.717, 1.165) is 16.6 Å². The normalized spacial score (nSPS) is 10.5. The van der Waals surface area contributed by atoms with Crippen molar-refractivity contribution in [2.24, 2.45) is 0 Å². The number of aromatic nitrogens is 4. The molecule has 23 heavy (non-hydrogen) atoms. The number of hydrogen-bond acceptors (Lipinski definition) is 6. The van der Waals surface area contributed by atoms with Gasteiger partial charge in [-0.05, 0) is 19.9 Å². The fourth-order valence-corrected chi connectivity index (χ4v) is 2.35. The molecule has 0 spiro atoms. The summed E-state index contributed by atoms with van der Waals surface area (Å²) < 4.78 is 0. The summed E-state index contributed by atoms with van der Waals surface area (Å²) >= 11 is 0. The highest BCUT2D eigenvalue weighted by Crippen LogP contribution is 2.18. The third kappa shape index (κ3) is 2.87. The fourth-order valence-electron chi connectivity index (χ4n) is 2.35. The van der Waals surface area contributed by atoms with Crippen molar-refractivity contribution < 1.29 is 0 Å². The van der Waals surface area contributed by atoms with Crippen molar-refractivity contribution in [2.45, 2.75) is 20.3 Å². The highest BCUT2D eigenvalue weighted by Gasteiger charge is 2.10. The minimum absolute atomic E-state index is 0.0278. The SMILES string of the molecule is Cc1nc(Nc2nc(C)c3ccccc3n2)[nH]c(=O)c1CC#N. The lowest BCUT2D eigenvalue weighted by atomic mass is 10.2. The van der Waals surface area contributed by atoms with Crippen LogP contribution in [0.15, 0.2) is 29.1 Å². The van der Waals surface area contributed by atoms with E-state index in [2.05, 4.69) is 25.3 Å². The molecule has 0 saturated heterocycles. The Balaban J connectivity index is 2.00. The number of hydrogen-bond donors (Lipinski definition) is 2. The molecule has 0 fully saturated rings. The van der Waals surface area contributed by atoms with E-state index in [0.29, 0.717) is 17.2 Å². The lowest BCUT2D eigenvalue weighted by Crippen LogP contribution is -2.18. The second-order valence-electron chi connectivity index (χ2n) is 5.09. The molecule has 0 aliphatic rings. The molecule has 0 bridgehead atoms. The molecular weight excluding hydrogens is 292 g/mol. The summed E-state index contributed by atoms with van der Waals surface area (Å²) in [6.07, 6.45) is 0.0278. The molecule has 2 aromatic heterocycles. The highest BCUT2D eigenvalue weighted by molar-refractivity contribution is 5.81. The number of anilines is 2. The van der Waals surface area contributed by atoms with Gasteiger partial charge < -0.3 is 0 Å². The maximum atomic E-state index is 12.0. The Bertz CT molecular complexity index is 986. The molecule has 0 unspecified atom stereocenters. The zero-order valence-electron chi connectivity index (χ0n) is 12.7. The molecule has 7 heteroatoms. The molecule has 3 rings (SSSR count). The zero-order chi connectivity index (χ0) is 16.4. The molecule has 2 heterocycles. The van der Waals surface area contributed by atoms with Gasteiger partial charge >= 0.3 is 0 Å². The van der Waals surface area contributed by atoms with Crippen LogP contribution in [0.3, 0.4) is 0 Å². The molecule has 7 nitrogen and oxygen atoms in total. The van der Waals surface area contributed by atoms with Gasteiger partial charge in [-0.15, -0.1) is 0 Å². The van der Waals surface area contributed by atoms with Gasteiger partial charge in [0, 0.05) is 5.39 Å². The first kappa shape index (κ1) is 14.7. The van der Waals surface area contributed by atoms with E-state index in [1.54, 1.807) is 6.92 Å². The third-order valence-corrected chi connectivity index (χ3v) is 3.50. The highest BCUT2D eigenvalue weighted by atomic mass is 16.1. The fraction of sp³-hybridized carbons (Fsp3) is 0.188. The van der Waals surface area contributed by atoms with Crippen molar-refractivity contribution in [1.82, 2.24) is 19.9 Å². The molecule has 1 aromatic carbocycles. The zero-order valence-corrected chi connectivity index (χ0v) is 12.7.